The Morgan fingerprint density at radius 1 is 1.62 bits per heavy atom. The molecule has 0 heterocycles. The third kappa shape index (κ3) is 2.20. The maximum Gasteiger partial charge on any atom is 0.308 e. The minimum Gasteiger partial charge on any atom is -0.425 e. The molecular formula is C9H8N2O2. The van der Waals surface area contributed by atoms with E-state index in [4.69, 9.17) is 15.7 Å². The summed E-state index contributed by atoms with van der Waals surface area (Å²) in [6.07, 6.45) is 0. The fraction of sp³-hybridized carbons (Fsp3) is 0.111. The highest BCUT2D eigenvalue weighted by molar-refractivity contribution is 5.71. The van der Waals surface area contributed by atoms with Crippen molar-refractivity contribution in [1.82, 2.24) is 0 Å². The molecule has 0 spiro atoms. The molecule has 1 rings (SSSR count). The van der Waals surface area contributed by atoms with E-state index >= 15 is 0 Å². The lowest BCUT2D eigenvalue weighted by atomic mass is 10.2. The second kappa shape index (κ2) is 3.59. The smallest absolute Gasteiger partial charge is 0.308 e. The van der Waals surface area contributed by atoms with Crippen molar-refractivity contribution in [3.63, 3.8) is 0 Å². The van der Waals surface area contributed by atoms with Gasteiger partial charge in [-0.25, -0.2) is 0 Å². The Morgan fingerprint density at radius 2 is 2.31 bits per heavy atom. The van der Waals surface area contributed by atoms with Crippen molar-refractivity contribution < 1.29 is 9.53 Å². The van der Waals surface area contributed by atoms with Gasteiger partial charge >= 0.3 is 5.97 Å². The minimum atomic E-state index is -0.457. The van der Waals surface area contributed by atoms with Crippen molar-refractivity contribution in [3.8, 4) is 11.8 Å². The molecule has 0 radical (unpaired) electrons. The molecule has 0 aliphatic rings. The Balaban J connectivity index is 3.08. The third-order valence-electron chi connectivity index (χ3n) is 1.38. The second-order valence-electron chi connectivity index (χ2n) is 2.46. The lowest BCUT2D eigenvalue weighted by Crippen LogP contribution is -2.03. The van der Waals surface area contributed by atoms with Crippen molar-refractivity contribution in [3.05, 3.63) is 23.8 Å². The topological polar surface area (TPSA) is 76.1 Å². The quantitative estimate of drug-likeness (QED) is 0.394. The van der Waals surface area contributed by atoms with Crippen molar-refractivity contribution >= 4 is 11.7 Å². The number of anilines is 1. The highest BCUT2D eigenvalue weighted by Crippen LogP contribution is 2.20. The first-order valence-corrected chi connectivity index (χ1v) is 3.61. The Labute approximate surface area is 75.5 Å². The van der Waals surface area contributed by atoms with Gasteiger partial charge in [-0.15, -0.1) is 0 Å². The number of nitrogens with two attached hydrogens (primary N) is 1. The van der Waals surface area contributed by atoms with Crippen LogP contribution in [0.5, 0.6) is 5.75 Å². The number of rotatable bonds is 1. The highest BCUT2D eigenvalue weighted by atomic mass is 16.5. The molecule has 2 N–H and O–H groups in total. The first kappa shape index (κ1) is 9.07. The number of nitriles is 1. The Hall–Kier alpha value is -2.02. The maximum atomic E-state index is 10.6. The van der Waals surface area contributed by atoms with E-state index in [0.29, 0.717) is 5.69 Å². The van der Waals surface area contributed by atoms with Crippen LogP contribution < -0.4 is 10.5 Å². The molecule has 1 aromatic rings. The van der Waals surface area contributed by atoms with Crippen molar-refractivity contribution in [1.29, 1.82) is 5.26 Å². The van der Waals surface area contributed by atoms with Gasteiger partial charge in [-0.3, -0.25) is 4.79 Å². The number of benzene rings is 1. The number of carbonyl (C=O) groups excluding carboxylic acids is 1. The molecule has 0 saturated carbocycles. The summed E-state index contributed by atoms with van der Waals surface area (Å²) in [4.78, 5) is 10.6. The second-order valence-corrected chi connectivity index (χ2v) is 2.46. The SMILES string of the molecule is CC(=O)Oc1ccc(N)cc1C#N. The van der Waals surface area contributed by atoms with Crippen molar-refractivity contribution in [2.45, 2.75) is 6.92 Å². The van der Waals surface area contributed by atoms with Crippen LogP contribution in [0.25, 0.3) is 0 Å². The molecule has 0 amide bonds. The standard InChI is InChI=1S/C9H8N2O2/c1-6(12)13-9-3-2-8(11)4-7(9)5-10/h2-4H,11H2,1H3. The van der Waals surface area contributed by atoms with Gasteiger partial charge in [-0.05, 0) is 18.2 Å². The summed E-state index contributed by atoms with van der Waals surface area (Å²) in [6, 6.07) is 6.41. The van der Waals surface area contributed by atoms with Gasteiger partial charge in [0, 0.05) is 12.6 Å². The average molecular weight is 176 g/mol. The Morgan fingerprint density at radius 3 is 2.85 bits per heavy atom. The van der Waals surface area contributed by atoms with Crippen molar-refractivity contribution in [2.24, 2.45) is 0 Å². The molecule has 0 atom stereocenters. The Bertz CT molecular complexity index is 380. The molecule has 0 aliphatic carbocycles. The van der Waals surface area contributed by atoms with E-state index in [-0.39, 0.29) is 11.3 Å². The van der Waals surface area contributed by atoms with Gasteiger partial charge < -0.3 is 10.5 Å². The Kier molecular flexibility index (Phi) is 2.50. The summed E-state index contributed by atoms with van der Waals surface area (Å²) in [6.45, 7) is 1.28. The summed E-state index contributed by atoms with van der Waals surface area (Å²) in [5, 5.41) is 8.66. The van der Waals surface area contributed by atoms with Crippen LogP contribution in [-0.2, 0) is 4.79 Å². The van der Waals surface area contributed by atoms with Crippen LogP contribution in [0.1, 0.15) is 12.5 Å². The zero-order chi connectivity index (χ0) is 9.84. The summed E-state index contributed by atoms with van der Waals surface area (Å²) >= 11 is 0. The molecule has 0 unspecified atom stereocenters. The van der Waals surface area contributed by atoms with Crippen LogP contribution >= 0.6 is 0 Å². The van der Waals surface area contributed by atoms with Crippen LogP contribution in [-0.4, -0.2) is 5.97 Å². The molecule has 0 bridgehead atoms. The number of hydrogen-bond donors (Lipinski definition) is 1. The van der Waals surface area contributed by atoms with E-state index in [1.807, 2.05) is 6.07 Å². The van der Waals surface area contributed by atoms with Gasteiger partial charge in [-0.1, -0.05) is 0 Å². The van der Waals surface area contributed by atoms with E-state index in [1.54, 1.807) is 6.07 Å². The number of carbonyl (C=O) groups is 1. The van der Waals surface area contributed by atoms with Crippen LogP contribution in [0.15, 0.2) is 18.2 Å². The normalized spacial score (nSPS) is 8.92. The molecule has 66 valence electrons. The summed E-state index contributed by atoms with van der Waals surface area (Å²) in [5.41, 5.74) is 6.17. The molecule has 4 nitrogen and oxygen atoms in total. The van der Waals surface area contributed by atoms with Gasteiger partial charge in [0.2, 0.25) is 0 Å². The van der Waals surface area contributed by atoms with Gasteiger partial charge in [0.1, 0.15) is 11.8 Å². The van der Waals surface area contributed by atoms with Gasteiger partial charge in [-0.2, -0.15) is 5.26 Å². The van der Waals surface area contributed by atoms with Crippen LogP contribution in [0, 0.1) is 11.3 Å². The lowest BCUT2D eigenvalue weighted by Gasteiger charge is -2.03. The highest BCUT2D eigenvalue weighted by Gasteiger charge is 2.05. The zero-order valence-electron chi connectivity index (χ0n) is 7.07. The largest absolute Gasteiger partial charge is 0.425 e. The fourth-order valence-electron chi connectivity index (χ4n) is 0.879. The number of nitrogens with zero attached hydrogens (tertiary/aromatic N) is 1. The molecule has 1 aromatic carbocycles. The predicted octanol–water partition coefficient (Wildman–Crippen LogP) is 1.07. The van der Waals surface area contributed by atoms with Gasteiger partial charge in [0.25, 0.3) is 0 Å². The van der Waals surface area contributed by atoms with Crippen LogP contribution in [0.2, 0.25) is 0 Å². The van der Waals surface area contributed by atoms with Gasteiger partial charge in [0.05, 0.1) is 5.56 Å². The van der Waals surface area contributed by atoms with E-state index in [1.165, 1.54) is 19.1 Å². The number of ether oxygens (including phenoxy) is 1. The van der Waals surface area contributed by atoms with Gasteiger partial charge in [0.15, 0.2) is 0 Å². The average Bonchev–Trinajstić information content (AvgIpc) is 2.07. The van der Waals surface area contributed by atoms with Crippen molar-refractivity contribution in [2.75, 3.05) is 5.73 Å². The maximum absolute atomic E-state index is 10.6. The molecule has 13 heavy (non-hydrogen) atoms. The molecule has 0 fully saturated rings. The third-order valence-corrected chi connectivity index (χ3v) is 1.38. The summed E-state index contributed by atoms with van der Waals surface area (Å²) in [5.74, 6) is -0.217. The molecule has 0 saturated heterocycles. The predicted molar refractivity (Wildman–Crippen MR) is 46.9 cm³/mol. The first-order valence-electron chi connectivity index (χ1n) is 3.61. The first-order chi connectivity index (χ1) is 6.13. The summed E-state index contributed by atoms with van der Waals surface area (Å²) in [7, 11) is 0. The molecule has 4 heteroatoms. The van der Waals surface area contributed by atoms with Crippen LogP contribution in [0.3, 0.4) is 0 Å². The molecule has 0 aliphatic heterocycles. The fourth-order valence-corrected chi connectivity index (χ4v) is 0.879. The number of hydrogen-bond acceptors (Lipinski definition) is 4. The molecular weight excluding hydrogens is 168 g/mol. The number of esters is 1. The minimum absolute atomic E-state index is 0.240. The zero-order valence-corrected chi connectivity index (χ0v) is 7.07. The van der Waals surface area contributed by atoms with Crippen LogP contribution in [0.4, 0.5) is 5.69 Å². The molecule has 0 aromatic heterocycles. The monoisotopic (exact) mass is 176 g/mol. The van der Waals surface area contributed by atoms with E-state index in [0.717, 1.165) is 0 Å². The van der Waals surface area contributed by atoms with E-state index < -0.39 is 5.97 Å². The summed E-state index contributed by atoms with van der Waals surface area (Å²) < 4.78 is 4.77. The van der Waals surface area contributed by atoms with E-state index in [2.05, 4.69) is 0 Å². The van der Waals surface area contributed by atoms with E-state index in [9.17, 15) is 4.79 Å². The number of nitrogen functional groups attached to an aromatic ring is 1. The lowest BCUT2D eigenvalue weighted by molar-refractivity contribution is -0.131.